The van der Waals surface area contributed by atoms with E-state index < -0.39 is 9.76 Å². The average Bonchev–Trinajstić information content (AvgIpc) is 1.95. The molecular formula is C6H6O3Si. The van der Waals surface area contributed by atoms with E-state index in [1.807, 2.05) is 0 Å². The van der Waals surface area contributed by atoms with Gasteiger partial charge >= 0.3 is 0 Å². The summed E-state index contributed by atoms with van der Waals surface area (Å²) in [5.74, 6) is -0.428. The maximum absolute atomic E-state index is 8.99. The molecule has 0 aliphatic rings. The third-order valence-corrected chi connectivity index (χ3v) is 1.78. The molecule has 0 aromatic heterocycles. The molecule has 1 rings (SSSR count). The van der Waals surface area contributed by atoms with Gasteiger partial charge in [-0.1, -0.05) is 12.1 Å². The van der Waals surface area contributed by atoms with Crippen LogP contribution in [0.25, 0.3) is 0 Å². The van der Waals surface area contributed by atoms with Crippen molar-refractivity contribution in [2.24, 2.45) is 0 Å². The summed E-state index contributed by atoms with van der Waals surface area (Å²) in [5, 5.41) is 18.2. The highest BCUT2D eigenvalue weighted by molar-refractivity contribution is 6.47. The van der Waals surface area contributed by atoms with Crippen molar-refractivity contribution in [1.29, 1.82) is 0 Å². The lowest BCUT2D eigenvalue weighted by Crippen LogP contribution is -2.12. The highest BCUT2D eigenvalue weighted by Gasteiger charge is 2.03. The molecule has 0 aliphatic carbocycles. The summed E-state index contributed by atoms with van der Waals surface area (Å²) in [5.41, 5.74) is 0. The zero-order valence-corrected chi connectivity index (χ0v) is 6.07. The van der Waals surface area contributed by atoms with Gasteiger partial charge in [-0.3, -0.25) is 0 Å². The molecule has 0 aliphatic heterocycles. The summed E-state index contributed by atoms with van der Waals surface area (Å²) >= 11 is 0. The normalized spacial score (nSPS) is 9.70. The van der Waals surface area contributed by atoms with E-state index in [1.165, 1.54) is 6.07 Å². The van der Waals surface area contributed by atoms with Crippen LogP contribution in [-0.2, 0) is 0 Å². The Hall–Kier alpha value is -1.00. The molecule has 2 radical (unpaired) electrons. The molecule has 0 saturated carbocycles. The Labute approximate surface area is 60.5 Å². The fourth-order valence-electron chi connectivity index (χ4n) is 0.622. The molecule has 1 aromatic carbocycles. The first-order valence-corrected chi connectivity index (χ1v) is 3.61. The molecular weight excluding hydrogens is 148 g/mol. The lowest BCUT2D eigenvalue weighted by molar-refractivity contribution is 0.406. The van der Waals surface area contributed by atoms with Crippen molar-refractivity contribution >= 4 is 14.9 Å². The van der Waals surface area contributed by atoms with Gasteiger partial charge in [0.05, 0.1) is 0 Å². The zero-order chi connectivity index (χ0) is 7.56. The Morgan fingerprint density at radius 2 is 1.90 bits per heavy atom. The topological polar surface area (TPSA) is 60.7 Å². The number of para-hydroxylation sites is 1. The van der Waals surface area contributed by atoms with Crippen molar-refractivity contribution in [1.82, 2.24) is 0 Å². The minimum absolute atomic E-state index is 0.195. The minimum atomic E-state index is -0.485. The highest BCUT2D eigenvalue weighted by atomic mass is 28.2. The van der Waals surface area contributed by atoms with Gasteiger partial charge in [-0.2, -0.15) is 0 Å². The van der Waals surface area contributed by atoms with E-state index in [4.69, 9.17) is 15.0 Å². The van der Waals surface area contributed by atoms with Crippen molar-refractivity contribution in [2.45, 2.75) is 0 Å². The van der Waals surface area contributed by atoms with Gasteiger partial charge in [0.1, 0.15) is 0 Å². The van der Waals surface area contributed by atoms with Crippen LogP contribution in [0.5, 0.6) is 11.5 Å². The zero-order valence-electron chi connectivity index (χ0n) is 5.07. The van der Waals surface area contributed by atoms with E-state index in [1.54, 1.807) is 12.1 Å². The van der Waals surface area contributed by atoms with Gasteiger partial charge in [-0.25, -0.2) is 0 Å². The van der Waals surface area contributed by atoms with Crippen molar-refractivity contribution in [2.75, 3.05) is 0 Å². The van der Waals surface area contributed by atoms with E-state index in [-0.39, 0.29) is 11.5 Å². The van der Waals surface area contributed by atoms with E-state index >= 15 is 0 Å². The molecule has 3 N–H and O–H groups in total. The maximum atomic E-state index is 8.99. The molecule has 52 valence electrons. The van der Waals surface area contributed by atoms with Crippen molar-refractivity contribution in [3.63, 3.8) is 0 Å². The summed E-state index contributed by atoms with van der Waals surface area (Å²) in [6.45, 7) is 0. The smallest absolute Gasteiger partial charge is 0.269 e. The monoisotopic (exact) mass is 154 g/mol. The first kappa shape index (κ1) is 7.11. The quantitative estimate of drug-likeness (QED) is 0.371. The number of phenols is 2. The number of phenolic OH excluding ortho intramolecular Hbond substituents is 2. The molecule has 0 saturated heterocycles. The SMILES string of the molecule is O[Si]c1cccc(O)c1O. The Balaban J connectivity index is 3.14. The predicted octanol–water partition coefficient (Wildman–Crippen LogP) is -0.665. The number of aromatic hydroxyl groups is 2. The van der Waals surface area contributed by atoms with E-state index in [2.05, 4.69) is 0 Å². The van der Waals surface area contributed by atoms with E-state index in [9.17, 15) is 0 Å². The van der Waals surface area contributed by atoms with Crippen LogP contribution in [0.15, 0.2) is 18.2 Å². The standard InChI is InChI=1S/C6H6O3Si/c7-4-2-1-3-5(10-9)6(4)8/h1-3,7-9H. The maximum Gasteiger partial charge on any atom is 0.269 e. The van der Waals surface area contributed by atoms with Crippen LogP contribution in [0, 0.1) is 0 Å². The fourth-order valence-corrected chi connectivity index (χ4v) is 1.03. The first-order valence-electron chi connectivity index (χ1n) is 2.66. The first-order chi connectivity index (χ1) is 4.75. The number of hydrogen-bond donors (Lipinski definition) is 3. The molecule has 0 fully saturated rings. The van der Waals surface area contributed by atoms with Crippen LogP contribution in [0.3, 0.4) is 0 Å². The Bertz CT molecular complexity index is 236. The van der Waals surface area contributed by atoms with Crippen molar-refractivity contribution in [3.8, 4) is 11.5 Å². The van der Waals surface area contributed by atoms with Crippen LogP contribution in [0.2, 0.25) is 0 Å². The highest BCUT2D eigenvalue weighted by Crippen LogP contribution is 2.19. The van der Waals surface area contributed by atoms with Crippen LogP contribution in [0.4, 0.5) is 0 Å². The van der Waals surface area contributed by atoms with Crippen LogP contribution < -0.4 is 5.19 Å². The number of rotatable bonds is 1. The molecule has 0 atom stereocenters. The second-order valence-corrected chi connectivity index (χ2v) is 2.55. The van der Waals surface area contributed by atoms with Crippen LogP contribution in [-0.4, -0.2) is 24.8 Å². The summed E-state index contributed by atoms with van der Waals surface area (Å²) < 4.78 is 0. The van der Waals surface area contributed by atoms with Gasteiger partial charge in [0, 0.05) is 5.19 Å². The lowest BCUT2D eigenvalue weighted by Gasteiger charge is -1.99. The minimum Gasteiger partial charge on any atom is -0.504 e. The Morgan fingerprint density at radius 3 is 2.40 bits per heavy atom. The molecule has 10 heavy (non-hydrogen) atoms. The summed E-state index contributed by atoms with van der Waals surface area (Å²) in [4.78, 5) is 8.60. The summed E-state index contributed by atoms with van der Waals surface area (Å²) in [6.07, 6.45) is 0. The molecule has 3 nitrogen and oxygen atoms in total. The molecule has 0 amide bonds. The second kappa shape index (κ2) is 2.72. The third kappa shape index (κ3) is 1.12. The van der Waals surface area contributed by atoms with Crippen LogP contribution >= 0.6 is 0 Å². The van der Waals surface area contributed by atoms with Gasteiger partial charge in [0.25, 0.3) is 9.76 Å². The van der Waals surface area contributed by atoms with Gasteiger partial charge < -0.3 is 15.0 Å². The molecule has 0 heterocycles. The van der Waals surface area contributed by atoms with Gasteiger partial charge in [-0.05, 0) is 6.07 Å². The predicted molar refractivity (Wildman–Crippen MR) is 37.4 cm³/mol. The lowest BCUT2D eigenvalue weighted by atomic mass is 10.3. The molecule has 1 aromatic rings. The van der Waals surface area contributed by atoms with Crippen molar-refractivity contribution in [3.05, 3.63) is 18.2 Å². The Kier molecular flexibility index (Phi) is 1.93. The van der Waals surface area contributed by atoms with E-state index in [0.29, 0.717) is 5.19 Å². The number of hydrogen-bond acceptors (Lipinski definition) is 3. The molecule has 0 unspecified atom stereocenters. The fraction of sp³-hybridized carbons (Fsp3) is 0. The second-order valence-electron chi connectivity index (χ2n) is 1.79. The van der Waals surface area contributed by atoms with Gasteiger partial charge in [-0.15, -0.1) is 0 Å². The van der Waals surface area contributed by atoms with Gasteiger partial charge in [0.2, 0.25) is 0 Å². The largest absolute Gasteiger partial charge is 0.504 e. The number of benzene rings is 1. The van der Waals surface area contributed by atoms with Crippen LogP contribution in [0.1, 0.15) is 0 Å². The Morgan fingerprint density at radius 1 is 1.20 bits per heavy atom. The average molecular weight is 154 g/mol. The summed E-state index contributed by atoms with van der Waals surface area (Å²) in [7, 11) is -0.485. The van der Waals surface area contributed by atoms with Gasteiger partial charge in [0.15, 0.2) is 11.5 Å². The molecule has 0 spiro atoms. The summed E-state index contributed by atoms with van der Waals surface area (Å²) in [6, 6.07) is 4.47. The van der Waals surface area contributed by atoms with E-state index in [0.717, 1.165) is 0 Å². The third-order valence-electron chi connectivity index (χ3n) is 1.14. The molecule has 0 bridgehead atoms. The molecule has 4 heteroatoms. The van der Waals surface area contributed by atoms with Crippen molar-refractivity contribution < 1.29 is 15.0 Å².